The van der Waals surface area contributed by atoms with Crippen LogP contribution in [0.25, 0.3) is 0 Å². The Bertz CT molecular complexity index is 403. The maximum atomic E-state index is 13.3. The molecule has 1 aromatic carbocycles. The molecule has 2 N–H and O–H groups in total. The molecule has 2 rings (SSSR count). The number of carbonyl (C=O) groups is 1. The molecule has 1 amide bonds. The Balaban J connectivity index is 1.70. The lowest BCUT2D eigenvalue weighted by molar-refractivity contribution is -0.116. The van der Waals surface area contributed by atoms with Crippen LogP contribution in [0.5, 0.6) is 0 Å². The molecule has 0 atom stereocenters. The van der Waals surface area contributed by atoms with E-state index in [2.05, 4.69) is 10.6 Å². The van der Waals surface area contributed by atoms with Crippen LogP contribution in [0.1, 0.15) is 32.1 Å². The van der Waals surface area contributed by atoms with Crippen LogP contribution in [-0.4, -0.2) is 18.5 Å². The first-order chi connectivity index (χ1) is 8.75. The molecule has 1 aliphatic carbocycles. The van der Waals surface area contributed by atoms with Crippen LogP contribution < -0.4 is 10.6 Å². The molecule has 18 heavy (non-hydrogen) atoms. The van der Waals surface area contributed by atoms with Crippen LogP contribution in [0.2, 0.25) is 0 Å². The van der Waals surface area contributed by atoms with Gasteiger partial charge in [-0.3, -0.25) is 4.79 Å². The summed E-state index contributed by atoms with van der Waals surface area (Å²) < 4.78 is 13.3. The van der Waals surface area contributed by atoms with Gasteiger partial charge in [-0.15, -0.1) is 0 Å². The molecule has 1 saturated carbocycles. The fourth-order valence-electron chi connectivity index (χ4n) is 2.30. The summed E-state index contributed by atoms with van der Waals surface area (Å²) in [4.78, 5) is 11.6. The van der Waals surface area contributed by atoms with Crippen molar-refractivity contribution < 1.29 is 9.18 Å². The van der Waals surface area contributed by atoms with Crippen LogP contribution in [0.4, 0.5) is 10.1 Å². The molecular formula is C14H19FN2O. The van der Waals surface area contributed by atoms with E-state index in [1.54, 1.807) is 18.2 Å². The molecule has 3 nitrogen and oxygen atoms in total. The van der Waals surface area contributed by atoms with Crippen LogP contribution >= 0.6 is 0 Å². The molecule has 4 heteroatoms. The molecule has 0 radical (unpaired) electrons. The maximum Gasteiger partial charge on any atom is 0.225 e. The molecule has 1 aromatic rings. The average molecular weight is 250 g/mol. The predicted molar refractivity (Wildman–Crippen MR) is 69.9 cm³/mol. The minimum atomic E-state index is -0.394. The van der Waals surface area contributed by atoms with Crippen molar-refractivity contribution >= 4 is 11.6 Å². The molecule has 0 heterocycles. The van der Waals surface area contributed by atoms with Crippen LogP contribution in [0.3, 0.4) is 0 Å². The first-order valence-electron chi connectivity index (χ1n) is 6.53. The quantitative estimate of drug-likeness (QED) is 0.843. The Morgan fingerprint density at radius 3 is 2.72 bits per heavy atom. The average Bonchev–Trinajstić information content (AvgIpc) is 2.85. The highest BCUT2D eigenvalue weighted by atomic mass is 19.1. The normalized spacial score (nSPS) is 15.8. The Hall–Kier alpha value is -1.42. The van der Waals surface area contributed by atoms with E-state index < -0.39 is 5.82 Å². The number of hydrogen-bond acceptors (Lipinski definition) is 2. The highest BCUT2D eigenvalue weighted by Crippen LogP contribution is 2.17. The van der Waals surface area contributed by atoms with Gasteiger partial charge in [-0.1, -0.05) is 25.0 Å². The Kier molecular flexibility index (Phi) is 4.70. The summed E-state index contributed by atoms with van der Waals surface area (Å²) in [7, 11) is 0. The lowest BCUT2D eigenvalue weighted by Gasteiger charge is -2.11. The summed E-state index contributed by atoms with van der Waals surface area (Å²) in [6.07, 6.45) is 5.34. The lowest BCUT2D eigenvalue weighted by atomic mass is 10.2. The number of nitrogens with one attached hydrogen (secondary N) is 2. The van der Waals surface area contributed by atoms with E-state index in [-0.39, 0.29) is 11.6 Å². The second kappa shape index (κ2) is 6.50. The SMILES string of the molecule is O=C(CCNC1CCCC1)Nc1ccccc1F. The summed E-state index contributed by atoms with van der Waals surface area (Å²) in [6, 6.07) is 6.78. The minimum Gasteiger partial charge on any atom is -0.324 e. The second-order valence-corrected chi connectivity index (χ2v) is 4.71. The molecule has 0 unspecified atom stereocenters. The van der Waals surface area contributed by atoms with E-state index in [0.717, 1.165) is 0 Å². The maximum absolute atomic E-state index is 13.3. The monoisotopic (exact) mass is 250 g/mol. The molecule has 0 bridgehead atoms. The largest absolute Gasteiger partial charge is 0.324 e. The Labute approximate surface area is 107 Å². The molecule has 1 aliphatic rings. The molecule has 0 spiro atoms. The van der Waals surface area contributed by atoms with Crippen LogP contribution in [0.15, 0.2) is 24.3 Å². The van der Waals surface area contributed by atoms with E-state index in [4.69, 9.17) is 0 Å². The third-order valence-electron chi connectivity index (χ3n) is 3.29. The molecule has 98 valence electrons. The van der Waals surface area contributed by atoms with Gasteiger partial charge in [0, 0.05) is 19.0 Å². The number of halogens is 1. The van der Waals surface area contributed by atoms with Gasteiger partial charge in [0.1, 0.15) is 5.82 Å². The van der Waals surface area contributed by atoms with Gasteiger partial charge in [0.05, 0.1) is 5.69 Å². The van der Waals surface area contributed by atoms with Crippen LogP contribution in [0, 0.1) is 5.82 Å². The Morgan fingerprint density at radius 1 is 1.28 bits per heavy atom. The standard InChI is InChI=1S/C14H19FN2O/c15-12-7-3-4-8-13(12)17-14(18)9-10-16-11-5-1-2-6-11/h3-4,7-8,11,16H,1-2,5-6,9-10H2,(H,17,18). The zero-order valence-electron chi connectivity index (χ0n) is 10.4. The van der Waals surface area contributed by atoms with Gasteiger partial charge in [-0.2, -0.15) is 0 Å². The van der Waals surface area contributed by atoms with E-state index in [1.807, 2.05) is 0 Å². The number of rotatable bonds is 5. The fraction of sp³-hybridized carbons (Fsp3) is 0.500. The van der Waals surface area contributed by atoms with Crippen molar-refractivity contribution in [2.24, 2.45) is 0 Å². The van der Waals surface area contributed by atoms with Crippen molar-refractivity contribution in [3.63, 3.8) is 0 Å². The zero-order chi connectivity index (χ0) is 12.8. The molecule has 1 fully saturated rings. The third kappa shape index (κ3) is 3.81. The van der Waals surface area contributed by atoms with Gasteiger partial charge in [-0.05, 0) is 25.0 Å². The van der Waals surface area contributed by atoms with Crippen LogP contribution in [-0.2, 0) is 4.79 Å². The number of carbonyl (C=O) groups excluding carboxylic acids is 1. The summed E-state index contributed by atoms with van der Waals surface area (Å²) in [5, 5.41) is 5.94. The fourth-order valence-corrected chi connectivity index (χ4v) is 2.30. The molecule has 0 saturated heterocycles. The van der Waals surface area contributed by atoms with Crippen molar-refractivity contribution in [3.05, 3.63) is 30.1 Å². The summed E-state index contributed by atoms with van der Waals surface area (Å²) in [6.45, 7) is 0.658. The van der Waals surface area contributed by atoms with E-state index in [1.165, 1.54) is 31.7 Å². The first kappa shape index (κ1) is 13.0. The zero-order valence-corrected chi connectivity index (χ0v) is 10.4. The first-order valence-corrected chi connectivity index (χ1v) is 6.53. The topological polar surface area (TPSA) is 41.1 Å². The minimum absolute atomic E-state index is 0.148. The van der Waals surface area contributed by atoms with E-state index >= 15 is 0 Å². The number of anilines is 1. The third-order valence-corrected chi connectivity index (χ3v) is 3.29. The summed E-state index contributed by atoms with van der Waals surface area (Å²) in [5.41, 5.74) is 0.253. The van der Waals surface area contributed by atoms with Gasteiger partial charge in [0.15, 0.2) is 0 Å². The van der Waals surface area contributed by atoms with Gasteiger partial charge in [-0.25, -0.2) is 4.39 Å². The van der Waals surface area contributed by atoms with E-state index in [0.29, 0.717) is 19.0 Å². The van der Waals surface area contributed by atoms with Crippen molar-refractivity contribution in [2.45, 2.75) is 38.1 Å². The van der Waals surface area contributed by atoms with Crippen molar-refractivity contribution in [1.29, 1.82) is 0 Å². The molecule has 0 aliphatic heterocycles. The lowest BCUT2D eigenvalue weighted by Crippen LogP contribution is -2.29. The van der Waals surface area contributed by atoms with E-state index in [9.17, 15) is 9.18 Å². The highest BCUT2D eigenvalue weighted by Gasteiger charge is 2.14. The molecular weight excluding hydrogens is 231 g/mol. The van der Waals surface area contributed by atoms with Crippen molar-refractivity contribution in [2.75, 3.05) is 11.9 Å². The number of para-hydroxylation sites is 1. The highest BCUT2D eigenvalue weighted by molar-refractivity contribution is 5.90. The van der Waals surface area contributed by atoms with Crippen molar-refractivity contribution in [3.8, 4) is 0 Å². The van der Waals surface area contributed by atoms with Gasteiger partial charge in [0.25, 0.3) is 0 Å². The van der Waals surface area contributed by atoms with Gasteiger partial charge in [0.2, 0.25) is 5.91 Å². The van der Waals surface area contributed by atoms with Gasteiger partial charge >= 0.3 is 0 Å². The summed E-state index contributed by atoms with van der Waals surface area (Å²) in [5.74, 6) is -0.541. The smallest absolute Gasteiger partial charge is 0.225 e. The Morgan fingerprint density at radius 2 is 2.00 bits per heavy atom. The number of hydrogen-bond donors (Lipinski definition) is 2. The number of benzene rings is 1. The van der Waals surface area contributed by atoms with Gasteiger partial charge < -0.3 is 10.6 Å². The predicted octanol–water partition coefficient (Wildman–Crippen LogP) is 2.69. The summed E-state index contributed by atoms with van der Waals surface area (Å²) >= 11 is 0. The van der Waals surface area contributed by atoms with Crippen molar-refractivity contribution in [1.82, 2.24) is 5.32 Å². The second-order valence-electron chi connectivity index (χ2n) is 4.71. The number of amides is 1. The molecule has 0 aromatic heterocycles.